The number of allylic oxidation sites excluding steroid dienone is 1. The molecule has 2 aliphatic rings. The second kappa shape index (κ2) is 4.72. The van der Waals surface area contributed by atoms with Crippen molar-refractivity contribution in [3.05, 3.63) is 33.5 Å². The number of Topliss-reactive ketones (excluding diaryl/α,β-unsaturated/α-hetero) is 1. The van der Waals surface area contributed by atoms with Crippen LogP contribution < -0.4 is 5.32 Å². The number of nitro groups is 1. The summed E-state index contributed by atoms with van der Waals surface area (Å²) in [6.45, 7) is 1.39. The summed E-state index contributed by atoms with van der Waals surface area (Å²) >= 11 is 0. The van der Waals surface area contributed by atoms with E-state index in [0.29, 0.717) is 19.3 Å². The minimum Gasteiger partial charge on any atom is -0.350 e. The first kappa shape index (κ1) is 12.5. The van der Waals surface area contributed by atoms with Crippen LogP contribution in [0.3, 0.4) is 0 Å². The fourth-order valence-corrected chi connectivity index (χ4v) is 2.62. The monoisotopic (exact) mass is 250 g/mol. The zero-order valence-corrected chi connectivity index (χ0v) is 10.0. The Kier molecular flexibility index (Phi) is 3.27. The summed E-state index contributed by atoms with van der Waals surface area (Å²) in [6, 6.07) is -0.314. The van der Waals surface area contributed by atoms with Gasteiger partial charge in [0.25, 0.3) is 5.70 Å². The fraction of sp³-hybridized carbons (Fsp3) is 0.500. The smallest absolute Gasteiger partial charge is 0.276 e. The summed E-state index contributed by atoms with van der Waals surface area (Å²) in [5.74, 6) is -0.634. The Balaban J connectivity index is 2.38. The number of hydrogen-bond acceptors (Lipinski definition) is 4. The van der Waals surface area contributed by atoms with Gasteiger partial charge in [0.2, 0.25) is 5.91 Å². The van der Waals surface area contributed by atoms with Crippen molar-refractivity contribution in [1.29, 1.82) is 0 Å². The number of nitrogens with one attached hydrogen (secondary N) is 1. The molecule has 0 spiro atoms. The third-order valence-corrected chi connectivity index (χ3v) is 3.33. The molecule has 1 amide bonds. The average molecular weight is 250 g/mol. The topological polar surface area (TPSA) is 89.3 Å². The molecular weight excluding hydrogens is 236 g/mol. The lowest BCUT2D eigenvalue weighted by Crippen LogP contribution is -2.43. The van der Waals surface area contributed by atoms with Gasteiger partial charge in [-0.25, -0.2) is 0 Å². The van der Waals surface area contributed by atoms with Gasteiger partial charge in [0.1, 0.15) is 0 Å². The van der Waals surface area contributed by atoms with Gasteiger partial charge in [0, 0.05) is 25.3 Å². The van der Waals surface area contributed by atoms with E-state index < -0.39 is 4.92 Å². The van der Waals surface area contributed by atoms with Crippen molar-refractivity contribution in [2.45, 2.75) is 32.2 Å². The number of amides is 1. The Morgan fingerprint density at radius 3 is 2.89 bits per heavy atom. The number of fused-ring (bicyclic) bond motifs is 1. The van der Waals surface area contributed by atoms with E-state index >= 15 is 0 Å². The van der Waals surface area contributed by atoms with E-state index in [4.69, 9.17) is 0 Å². The maximum atomic E-state index is 11.9. The summed E-state index contributed by atoms with van der Waals surface area (Å²) in [5, 5.41) is 13.7. The molecule has 96 valence electrons. The van der Waals surface area contributed by atoms with Crippen molar-refractivity contribution in [3.63, 3.8) is 0 Å². The van der Waals surface area contributed by atoms with Crippen molar-refractivity contribution >= 4 is 11.7 Å². The maximum absolute atomic E-state index is 11.9. The van der Waals surface area contributed by atoms with Crippen LogP contribution in [0.25, 0.3) is 0 Å². The molecule has 18 heavy (non-hydrogen) atoms. The van der Waals surface area contributed by atoms with Crippen LogP contribution in [-0.2, 0) is 9.59 Å². The minimum absolute atomic E-state index is 0.119. The molecule has 6 heteroatoms. The van der Waals surface area contributed by atoms with Gasteiger partial charge in [0.15, 0.2) is 5.78 Å². The molecule has 0 bridgehead atoms. The second-order valence-electron chi connectivity index (χ2n) is 4.56. The lowest BCUT2D eigenvalue weighted by atomic mass is 9.75. The van der Waals surface area contributed by atoms with Crippen molar-refractivity contribution in [2.75, 3.05) is 0 Å². The molecule has 0 aromatic carbocycles. The van der Waals surface area contributed by atoms with Gasteiger partial charge in [-0.15, -0.1) is 0 Å². The van der Waals surface area contributed by atoms with E-state index in [-0.39, 0.29) is 34.9 Å². The van der Waals surface area contributed by atoms with Crippen molar-refractivity contribution < 1.29 is 14.5 Å². The first-order valence-corrected chi connectivity index (χ1v) is 5.87. The van der Waals surface area contributed by atoms with E-state index in [2.05, 4.69) is 5.32 Å². The summed E-state index contributed by atoms with van der Waals surface area (Å²) < 4.78 is 0. The van der Waals surface area contributed by atoms with Crippen LogP contribution in [0.5, 0.6) is 0 Å². The predicted octanol–water partition coefficient (Wildman–Crippen LogP) is 0.961. The SMILES string of the molecule is CC(=O)NC1C=CC([N+](=O)[O-])=C2C(=O)CCCC21. The minimum atomic E-state index is -0.522. The molecule has 0 radical (unpaired) electrons. The quantitative estimate of drug-likeness (QED) is 0.584. The molecular formula is C12H14N2O4. The van der Waals surface area contributed by atoms with Crippen LogP contribution in [-0.4, -0.2) is 22.7 Å². The Bertz CT molecular complexity index is 478. The van der Waals surface area contributed by atoms with Crippen LogP contribution in [0.1, 0.15) is 26.2 Å². The van der Waals surface area contributed by atoms with Crippen LogP contribution >= 0.6 is 0 Å². The Labute approximate surface area is 104 Å². The number of carbonyl (C=O) groups excluding carboxylic acids is 2. The molecule has 0 heterocycles. The lowest BCUT2D eigenvalue weighted by molar-refractivity contribution is -0.420. The van der Waals surface area contributed by atoms with Gasteiger partial charge >= 0.3 is 0 Å². The van der Waals surface area contributed by atoms with Gasteiger partial charge in [0.05, 0.1) is 16.5 Å². The highest BCUT2D eigenvalue weighted by Gasteiger charge is 2.39. The van der Waals surface area contributed by atoms with Gasteiger partial charge in [-0.1, -0.05) is 6.08 Å². The molecule has 0 aromatic rings. The van der Waals surface area contributed by atoms with E-state index in [1.165, 1.54) is 13.0 Å². The van der Waals surface area contributed by atoms with Crippen LogP contribution in [0.2, 0.25) is 0 Å². The normalized spacial score (nSPS) is 26.8. The molecule has 2 rings (SSSR count). The first-order chi connectivity index (χ1) is 8.50. The van der Waals surface area contributed by atoms with E-state index in [1.807, 2.05) is 0 Å². The van der Waals surface area contributed by atoms with Gasteiger partial charge in [-0.2, -0.15) is 0 Å². The Morgan fingerprint density at radius 1 is 1.56 bits per heavy atom. The zero-order chi connectivity index (χ0) is 13.3. The van der Waals surface area contributed by atoms with Gasteiger partial charge in [-0.05, 0) is 12.8 Å². The molecule has 2 atom stereocenters. The van der Waals surface area contributed by atoms with Crippen LogP contribution in [0.15, 0.2) is 23.4 Å². The first-order valence-electron chi connectivity index (χ1n) is 5.87. The highest BCUT2D eigenvalue weighted by molar-refractivity contribution is 5.98. The number of ketones is 1. The van der Waals surface area contributed by atoms with E-state index in [9.17, 15) is 19.7 Å². The van der Waals surface area contributed by atoms with Gasteiger partial charge in [-0.3, -0.25) is 19.7 Å². The predicted molar refractivity (Wildman–Crippen MR) is 63.1 cm³/mol. The maximum Gasteiger partial charge on any atom is 0.276 e. The van der Waals surface area contributed by atoms with E-state index in [0.717, 1.165) is 0 Å². The molecule has 1 saturated carbocycles. The number of carbonyl (C=O) groups is 2. The molecule has 1 N–H and O–H groups in total. The molecule has 0 aromatic heterocycles. The average Bonchev–Trinajstić information content (AvgIpc) is 2.29. The molecule has 0 aliphatic heterocycles. The third-order valence-electron chi connectivity index (χ3n) is 3.33. The second-order valence-corrected chi connectivity index (χ2v) is 4.56. The van der Waals surface area contributed by atoms with E-state index in [1.54, 1.807) is 6.08 Å². The molecule has 2 aliphatic carbocycles. The summed E-state index contributed by atoms with van der Waals surface area (Å²) in [6.07, 6.45) is 4.68. The lowest BCUT2D eigenvalue weighted by Gasteiger charge is -2.31. The number of nitrogens with zero attached hydrogens (tertiary/aromatic N) is 1. The van der Waals surface area contributed by atoms with Gasteiger partial charge < -0.3 is 5.32 Å². The summed E-state index contributed by atoms with van der Waals surface area (Å²) in [7, 11) is 0. The number of hydrogen-bond donors (Lipinski definition) is 1. The van der Waals surface area contributed by atoms with Crippen molar-refractivity contribution in [3.8, 4) is 0 Å². The number of rotatable bonds is 2. The van der Waals surface area contributed by atoms with Crippen LogP contribution in [0.4, 0.5) is 0 Å². The standard InChI is InChI=1S/C12H14N2O4/c1-7(15)13-9-5-6-10(14(17)18)12-8(9)3-2-4-11(12)16/h5-6,8-9H,2-4H2,1H3,(H,13,15). The Hall–Kier alpha value is -1.98. The molecule has 1 fully saturated rings. The molecule has 0 saturated heterocycles. The Morgan fingerprint density at radius 2 is 2.28 bits per heavy atom. The summed E-state index contributed by atoms with van der Waals surface area (Å²) in [4.78, 5) is 33.4. The largest absolute Gasteiger partial charge is 0.350 e. The zero-order valence-electron chi connectivity index (χ0n) is 10.0. The fourth-order valence-electron chi connectivity index (χ4n) is 2.62. The molecule has 6 nitrogen and oxygen atoms in total. The highest BCUT2D eigenvalue weighted by Crippen LogP contribution is 2.35. The van der Waals surface area contributed by atoms with Crippen molar-refractivity contribution in [2.24, 2.45) is 5.92 Å². The van der Waals surface area contributed by atoms with Crippen molar-refractivity contribution in [1.82, 2.24) is 5.32 Å². The third kappa shape index (κ3) is 2.18. The van der Waals surface area contributed by atoms with Crippen LogP contribution in [0, 0.1) is 16.0 Å². The highest BCUT2D eigenvalue weighted by atomic mass is 16.6. The molecule has 2 unspecified atom stereocenters. The summed E-state index contributed by atoms with van der Waals surface area (Å²) in [5.41, 5.74) is 0.152.